The molecule has 0 aromatic heterocycles. The number of fused-ring (bicyclic) bond motifs is 2. The quantitative estimate of drug-likeness (QED) is 0.805. The number of rotatable bonds is 2. The molecule has 0 saturated heterocycles. The van der Waals surface area contributed by atoms with E-state index in [-0.39, 0.29) is 12.3 Å². The summed E-state index contributed by atoms with van der Waals surface area (Å²) in [6.07, 6.45) is 0.193. The third-order valence-corrected chi connectivity index (χ3v) is 5.19. The van der Waals surface area contributed by atoms with E-state index in [2.05, 4.69) is 5.10 Å². The Kier molecular flexibility index (Phi) is 4.03. The van der Waals surface area contributed by atoms with E-state index in [1.165, 1.54) is 18.9 Å². The fraction of sp³-hybridized carbons (Fsp3) is 0.238. The predicted molar refractivity (Wildman–Crippen MR) is 103 cm³/mol. The summed E-state index contributed by atoms with van der Waals surface area (Å²) in [4.78, 5) is 39.2. The van der Waals surface area contributed by atoms with Crippen molar-refractivity contribution in [3.8, 4) is 5.75 Å². The van der Waals surface area contributed by atoms with E-state index in [9.17, 15) is 14.4 Å². The van der Waals surface area contributed by atoms with E-state index in [0.717, 1.165) is 10.5 Å². The molecule has 0 fully saturated rings. The number of nitrogens with zero attached hydrogens (tertiary/aromatic N) is 3. The van der Waals surface area contributed by atoms with Crippen LogP contribution in [-0.4, -0.2) is 35.6 Å². The molecule has 0 aliphatic carbocycles. The maximum absolute atomic E-state index is 13.4. The number of para-hydroxylation sites is 1. The molecule has 7 heteroatoms. The highest BCUT2D eigenvalue weighted by Crippen LogP contribution is 2.49. The van der Waals surface area contributed by atoms with Crippen molar-refractivity contribution in [2.45, 2.75) is 25.8 Å². The third kappa shape index (κ3) is 2.36. The fourth-order valence-electron chi connectivity index (χ4n) is 3.96. The lowest BCUT2D eigenvalue weighted by atomic mass is 9.85. The largest absolute Gasteiger partial charge is 0.497 e. The topological polar surface area (TPSA) is 79.3 Å². The zero-order valence-electron chi connectivity index (χ0n) is 15.8. The SMILES string of the molecule is COc1ccc(C2=NN(C(C)=O)[C@@]3(C2)C(=O)N(C(C)=O)c2ccccc23)cc1. The first-order valence-corrected chi connectivity index (χ1v) is 8.87. The molecule has 2 aliphatic rings. The Morgan fingerprint density at radius 3 is 2.32 bits per heavy atom. The molecule has 4 rings (SSSR count). The maximum atomic E-state index is 13.4. The first-order chi connectivity index (χ1) is 13.4. The lowest BCUT2D eigenvalue weighted by Gasteiger charge is -2.30. The van der Waals surface area contributed by atoms with Gasteiger partial charge in [-0.2, -0.15) is 5.10 Å². The summed E-state index contributed by atoms with van der Waals surface area (Å²) < 4.78 is 5.19. The van der Waals surface area contributed by atoms with E-state index >= 15 is 0 Å². The molecular weight excluding hydrogens is 358 g/mol. The smallest absolute Gasteiger partial charge is 0.266 e. The van der Waals surface area contributed by atoms with Gasteiger partial charge < -0.3 is 4.74 Å². The van der Waals surface area contributed by atoms with Gasteiger partial charge >= 0.3 is 0 Å². The van der Waals surface area contributed by atoms with Crippen LogP contribution in [0.4, 0.5) is 5.69 Å². The van der Waals surface area contributed by atoms with Crippen LogP contribution >= 0.6 is 0 Å². The Balaban J connectivity index is 1.86. The number of hydrazone groups is 1. The maximum Gasteiger partial charge on any atom is 0.266 e. The van der Waals surface area contributed by atoms with E-state index in [0.29, 0.717) is 22.7 Å². The molecule has 1 spiro atoms. The van der Waals surface area contributed by atoms with E-state index in [1.54, 1.807) is 43.5 Å². The van der Waals surface area contributed by atoms with Crippen LogP contribution in [0.2, 0.25) is 0 Å². The summed E-state index contributed by atoms with van der Waals surface area (Å²) >= 11 is 0. The molecule has 2 aliphatic heterocycles. The van der Waals surface area contributed by atoms with Crippen LogP contribution in [0.25, 0.3) is 0 Å². The van der Waals surface area contributed by atoms with Gasteiger partial charge in [0.2, 0.25) is 11.8 Å². The average molecular weight is 377 g/mol. The van der Waals surface area contributed by atoms with Crippen molar-refractivity contribution in [1.29, 1.82) is 0 Å². The Morgan fingerprint density at radius 1 is 1.04 bits per heavy atom. The minimum absolute atomic E-state index is 0.193. The number of benzene rings is 2. The molecule has 2 aromatic rings. The van der Waals surface area contributed by atoms with Gasteiger partial charge in [-0.05, 0) is 35.9 Å². The summed E-state index contributed by atoms with van der Waals surface area (Å²) in [5.41, 5.74) is 1.15. The van der Waals surface area contributed by atoms with Gasteiger partial charge in [-0.1, -0.05) is 18.2 Å². The Morgan fingerprint density at radius 2 is 1.71 bits per heavy atom. The van der Waals surface area contributed by atoms with Crippen LogP contribution in [0.1, 0.15) is 31.4 Å². The molecule has 7 nitrogen and oxygen atoms in total. The lowest BCUT2D eigenvalue weighted by Crippen LogP contribution is -2.51. The highest BCUT2D eigenvalue weighted by atomic mass is 16.5. The van der Waals surface area contributed by atoms with E-state index in [4.69, 9.17) is 4.74 Å². The van der Waals surface area contributed by atoms with Gasteiger partial charge in [0.25, 0.3) is 5.91 Å². The standard InChI is InChI=1S/C21H19N3O4/c1-13(25)23-19-7-5-4-6-17(19)21(20(23)27)12-18(22-24(21)14(2)26)15-8-10-16(28-3)11-9-15/h4-11H,12H2,1-3H3/t21-/m1/s1. The van der Waals surface area contributed by atoms with Gasteiger partial charge in [-0.25, -0.2) is 9.91 Å². The average Bonchev–Trinajstić information content (AvgIpc) is 3.20. The number of amides is 3. The number of hydrogen-bond donors (Lipinski definition) is 0. The van der Waals surface area contributed by atoms with Crippen LogP contribution in [-0.2, 0) is 19.9 Å². The van der Waals surface area contributed by atoms with Crippen molar-refractivity contribution in [3.63, 3.8) is 0 Å². The molecule has 28 heavy (non-hydrogen) atoms. The second-order valence-corrected chi connectivity index (χ2v) is 6.82. The van der Waals surface area contributed by atoms with Crippen LogP contribution < -0.4 is 9.64 Å². The third-order valence-electron chi connectivity index (χ3n) is 5.19. The van der Waals surface area contributed by atoms with E-state index in [1.807, 2.05) is 12.1 Å². The molecule has 3 amide bonds. The summed E-state index contributed by atoms with van der Waals surface area (Å²) in [7, 11) is 1.58. The van der Waals surface area contributed by atoms with Crippen LogP contribution in [0.5, 0.6) is 5.75 Å². The monoisotopic (exact) mass is 377 g/mol. The van der Waals surface area contributed by atoms with Crippen molar-refractivity contribution >= 4 is 29.1 Å². The molecule has 0 N–H and O–H groups in total. The Hall–Kier alpha value is -3.48. The van der Waals surface area contributed by atoms with Crippen LogP contribution in [0.3, 0.4) is 0 Å². The Labute approximate surface area is 162 Å². The number of hydrogen-bond acceptors (Lipinski definition) is 5. The molecule has 142 valence electrons. The minimum atomic E-state index is -1.34. The highest BCUT2D eigenvalue weighted by Gasteiger charge is 2.60. The number of anilines is 1. The molecule has 0 unspecified atom stereocenters. The lowest BCUT2D eigenvalue weighted by molar-refractivity contribution is -0.144. The van der Waals surface area contributed by atoms with Gasteiger partial charge in [0.1, 0.15) is 5.75 Å². The number of ether oxygens (including phenoxy) is 1. The van der Waals surface area contributed by atoms with E-state index < -0.39 is 17.4 Å². The van der Waals surface area contributed by atoms with Gasteiger partial charge in [-0.15, -0.1) is 0 Å². The van der Waals surface area contributed by atoms with Crippen molar-refractivity contribution in [1.82, 2.24) is 5.01 Å². The highest BCUT2D eigenvalue weighted by molar-refractivity contribution is 6.25. The van der Waals surface area contributed by atoms with Crippen molar-refractivity contribution in [2.24, 2.45) is 5.10 Å². The predicted octanol–water partition coefficient (Wildman–Crippen LogP) is 2.44. The van der Waals surface area contributed by atoms with Crippen molar-refractivity contribution in [2.75, 3.05) is 12.0 Å². The normalized spacial score (nSPS) is 20.4. The van der Waals surface area contributed by atoms with Gasteiger partial charge in [0, 0.05) is 25.8 Å². The summed E-state index contributed by atoms with van der Waals surface area (Å²) in [5.74, 6) is -0.512. The molecule has 2 aromatic carbocycles. The van der Waals surface area contributed by atoms with Crippen molar-refractivity contribution < 1.29 is 19.1 Å². The first kappa shape index (κ1) is 17.9. The second-order valence-electron chi connectivity index (χ2n) is 6.82. The van der Waals surface area contributed by atoms with Crippen LogP contribution in [0, 0.1) is 0 Å². The number of methoxy groups -OCH3 is 1. The number of imide groups is 1. The molecule has 0 bridgehead atoms. The molecule has 0 radical (unpaired) electrons. The molecular formula is C21H19N3O4. The molecule has 0 saturated carbocycles. The zero-order chi connectivity index (χ0) is 20.1. The van der Waals surface area contributed by atoms with Crippen LogP contribution in [0.15, 0.2) is 53.6 Å². The first-order valence-electron chi connectivity index (χ1n) is 8.87. The number of carbonyl (C=O) groups excluding carboxylic acids is 3. The number of carbonyl (C=O) groups is 3. The summed E-state index contributed by atoms with van der Waals surface area (Å²) in [6.45, 7) is 2.71. The van der Waals surface area contributed by atoms with Gasteiger partial charge in [0.05, 0.1) is 18.5 Å². The molecule has 1 atom stereocenters. The molecule has 2 heterocycles. The minimum Gasteiger partial charge on any atom is -0.497 e. The zero-order valence-corrected chi connectivity index (χ0v) is 15.8. The van der Waals surface area contributed by atoms with Gasteiger partial charge in [0.15, 0.2) is 5.54 Å². The van der Waals surface area contributed by atoms with Gasteiger partial charge in [-0.3, -0.25) is 14.4 Å². The second kappa shape index (κ2) is 6.30. The Bertz CT molecular complexity index is 1030. The fourth-order valence-corrected chi connectivity index (χ4v) is 3.96. The van der Waals surface area contributed by atoms with Crippen molar-refractivity contribution in [3.05, 3.63) is 59.7 Å². The summed E-state index contributed by atoms with van der Waals surface area (Å²) in [6, 6.07) is 14.3. The summed E-state index contributed by atoms with van der Waals surface area (Å²) in [5, 5.41) is 5.71.